The van der Waals surface area contributed by atoms with Gasteiger partial charge in [0, 0.05) is 18.3 Å². The van der Waals surface area contributed by atoms with E-state index in [1.807, 2.05) is 50.2 Å². The molecule has 0 bridgehead atoms. The van der Waals surface area contributed by atoms with Crippen molar-refractivity contribution in [2.45, 2.75) is 13.0 Å². The summed E-state index contributed by atoms with van der Waals surface area (Å²) in [6.07, 6.45) is 0. The quantitative estimate of drug-likeness (QED) is 0.314. The van der Waals surface area contributed by atoms with Crippen LogP contribution in [0.3, 0.4) is 0 Å². The zero-order valence-electron chi connectivity index (χ0n) is 17.5. The minimum absolute atomic E-state index is 0. The Morgan fingerprint density at radius 1 is 1.10 bits per heavy atom. The van der Waals surface area contributed by atoms with Gasteiger partial charge in [-0.3, -0.25) is 4.99 Å². The van der Waals surface area contributed by atoms with Gasteiger partial charge in [-0.15, -0.1) is 24.0 Å². The van der Waals surface area contributed by atoms with Crippen LogP contribution in [0.1, 0.15) is 18.5 Å². The van der Waals surface area contributed by atoms with Gasteiger partial charge in [-0.1, -0.05) is 12.1 Å². The number of nitrogens with zero attached hydrogens (tertiary/aromatic N) is 2. The summed E-state index contributed by atoms with van der Waals surface area (Å²) in [5.74, 6) is 1.68. The van der Waals surface area contributed by atoms with Crippen molar-refractivity contribution in [3.05, 3.63) is 53.8 Å². The zero-order chi connectivity index (χ0) is 20.5. The molecule has 2 aromatic carbocycles. The summed E-state index contributed by atoms with van der Waals surface area (Å²) in [5, 5.41) is 6.50. The van der Waals surface area contributed by atoms with Gasteiger partial charge in [0.1, 0.15) is 5.82 Å². The van der Waals surface area contributed by atoms with E-state index >= 15 is 0 Å². The van der Waals surface area contributed by atoms with Crippen molar-refractivity contribution < 1.29 is 13.9 Å². The molecule has 160 valence electrons. The highest BCUT2D eigenvalue weighted by molar-refractivity contribution is 14.0. The molecule has 0 saturated carbocycles. The van der Waals surface area contributed by atoms with Gasteiger partial charge in [0.05, 0.1) is 26.8 Å². The van der Waals surface area contributed by atoms with Crippen LogP contribution < -0.4 is 20.1 Å². The second-order valence-corrected chi connectivity index (χ2v) is 6.45. The number of aliphatic imine (C=N–C) groups is 1. The van der Waals surface area contributed by atoms with E-state index < -0.39 is 0 Å². The molecule has 0 heterocycles. The fourth-order valence-corrected chi connectivity index (χ4v) is 2.82. The molecule has 29 heavy (non-hydrogen) atoms. The Balaban J connectivity index is 0.00000420. The fourth-order valence-electron chi connectivity index (χ4n) is 2.82. The first kappa shape index (κ1) is 25.0. The lowest BCUT2D eigenvalue weighted by atomic mass is 10.1. The minimum Gasteiger partial charge on any atom is -0.493 e. The predicted molar refractivity (Wildman–Crippen MR) is 127 cm³/mol. The van der Waals surface area contributed by atoms with Gasteiger partial charge < -0.3 is 25.0 Å². The van der Waals surface area contributed by atoms with Crippen molar-refractivity contribution in [1.82, 2.24) is 10.2 Å². The topological polar surface area (TPSA) is 58.1 Å². The van der Waals surface area contributed by atoms with Crippen LogP contribution in [0.2, 0.25) is 0 Å². The lowest BCUT2D eigenvalue weighted by Gasteiger charge is -2.24. The molecule has 2 N–H and O–H groups in total. The summed E-state index contributed by atoms with van der Waals surface area (Å²) in [6.45, 7) is 3.19. The average molecular weight is 516 g/mol. The normalized spacial score (nSPS) is 12.2. The van der Waals surface area contributed by atoms with Crippen LogP contribution in [0.25, 0.3) is 0 Å². The standard InChI is InChI=1S/C21H29FN4O2.HI/c1-6-23-21(25-17-10-11-19(27-4)20(13-17)28-5)24-14-18(26(2)3)15-8-7-9-16(22)12-15;/h7-13,18H,6,14H2,1-5H3,(H2,23,24,25);1H. The van der Waals surface area contributed by atoms with E-state index in [-0.39, 0.29) is 35.8 Å². The SMILES string of the molecule is CCNC(=NCC(c1cccc(F)c1)N(C)C)Nc1ccc(OC)c(OC)c1.I. The van der Waals surface area contributed by atoms with Crippen molar-refractivity contribution in [3.8, 4) is 11.5 Å². The third-order valence-corrected chi connectivity index (χ3v) is 4.27. The third-order valence-electron chi connectivity index (χ3n) is 4.27. The molecule has 6 nitrogen and oxygen atoms in total. The van der Waals surface area contributed by atoms with Crippen molar-refractivity contribution in [3.63, 3.8) is 0 Å². The molecule has 8 heteroatoms. The van der Waals surface area contributed by atoms with Gasteiger partial charge in [0.15, 0.2) is 17.5 Å². The Morgan fingerprint density at radius 2 is 1.83 bits per heavy atom. The van der Waals surface area contributed by atoms with Crippen LogP contribution in [0, 0.1) is 5.82 Å². The molecule has 0 amide bonds. The predicted octanol–water partition coefficient (Wildman–Crippen LogP) is 4.14. The maximum atomic E-state index is 13.6. The molecule has 1 unspecified atom stereocenters. The number of guanidine groups is 1. The van der Waals surface area contributed by atoms with E-state index in [2.05, 4.69) is 10.6 Å². The van der Waals surface area contributed by atoms with Gasteiger partial charge in [-0.2, -0.15) is 0 Å². The summed E-state index contributed by atoms with van der Waals surface area (Å²) < 4.78 is 24.3. The number of rotatable bonds is 8. The maximum Gasteiger partial charge on any atom is 0.195 e. The third kappa shape index (κ3) is 7.36. The first-order chi connectivity index (χ1) is 13.5. The van der Waals surface area contributed by atoms with Gasteiger partial charge in [0.2, 0.25) is 0 Å². The first-order valence-electron chi connectivity index (χ1n) is 9.17. The molecule has 2 aromatic rings. The summed E-state index contributed by atoms with van der Waals surface area (Å²) in [5.41, 5.74) is 1.71. The van der Waals surface area contributed by atoms with E-state index in [4.69, 9.17) is 14.5 Å². The number of methoxy groups -OCH3 is 2. The van der Waals surface area contributed by atoms with Crippen LogP contribution >= 0.6 is 24.0 Å². The molecule has 0 spiro atoms. The van der Waals surface area contributed by atoms with Crippen LogP contribution in [0.15, 0.2) is 47.5 Å². The first-order valence-corrected chi connectivity index (χ1v) is 9.17. The number of halogens is 2. The van der Waals surface area contributed by atoms with E-state index in [0.717, 1.165) is 11.3 Å². The van der Waals surface area contributed by atoms with Crippen molar-refractivity contribution in [2.24, 2.45) is 4.99 Å². The van der Waals surface area contributed by atoms with Crippen LogP contribution in [0.5, 0.6) is 11.5 Å². The number of hydrogen-bond donors (Lipinski definition) is 2. The molecular formula is C21H30FIN4O2. The Bertz CT molecular complexity index is 802. The van der Waals surface area contributed by atoms with Crippen molar-refractivity contribution >= 4 is 35.6 Å². The number of hydrogen-bond acceptors (Lipinski definition) is 4. The number of ether oxygens (including phenoxy) is 2. The van der Waals surface area contributed by atoms with E-state index in [0.29, 0.717) is 30.5 Å². The van der Waals surface area contributed by atoms with Crippen LogP contribution in [-0.4, -0.2) is 52.3 Å². The Morgan fingerprint density at radius 3 is 2.41 bits per heavy atom. The second-order valence-electron chi connectivity index (χ2n) is 6.45. The number of anilines is 1. The Kier molecular flexibility index (Phi) is 10.7. The number of nitrogens with one attached hydrogen (secondary N) is 2. The van der Waals surface area contributed by atoms with Crippen LogP contribution in [0.4, 0.5) is 10.1 Å². The molecule has 0 aliphatic rings. The lowest BCUT2D eigenvalue weighted by molar-refractivity contribution is 0.305. The van der Waals surface area contributed by atoms with Gasteiger partial charge in [-0.05, 0) is 50.8 Å². The Hall–Kier alpha value is -2.07. The summed E-state index contributed by atoms with van der Waals surface area (Å²) in [7, 11) is 7.12. The number of likely N-dealkylation sites (N-methyl/N-ethyl adjacent to an activating group) is 1. The van der Waals surface area contributed by atoms with E-state index in [1.165, 1.54) is 6.07 Å². The molecule has 0 fully saturated rings. The summed E-state index contributed by atoms with van der Waals surface area (Å²) >= 11 is 0. The van der Waals surface area contributed by atoms with Crippen molar-refractivity contribution in [1.29, 1.82) is 0 Å². The van der Waals surface area contributed by atoms with Gasteiger partial charge in [0.25, 0.3) is 0 Å². The monoisotopic (exact) mass is 516 g/mol. The maximum absolute atomic E-state index is 13.6. The number of benzene rings is 2. The Labute approximate surface area is 189 Å². The molecule has 0 aliphatic heterocycles. The highest BCUT2D eigenvalue weighted by Gasteiger charge is 2.15. The molecular weight excluding hydrogens is 486 g/mol. The molecule has 0 radical (unpaired) electrons. The van der Waals surface area contributed by atoms with E-state index in [1.54, 1.807) is 26.4 Å². The van der Waals surface area contributed by atoms with Gasteiger partial charge in [-0.25, -0.2) is 4.39 Å². The molecule has 0 saturated heterocycles. The second kappa shape index (κ2) is 12.5. The van der Waals surface area contributed by atoms with Crippen LogP contribution in [-0.2, 0) is 0 Å². The van der Waals surface area contributed by atoms with Gasteiger partial charge >= 0.3 is 0 Å². The minimum atomic E-state index is -0.247. The summed E-state index contributed by atoms with van der Waals surface area (Å²) in [4.78, 5) is 6.72. The molecule has 1 atom stereocenters. The lowest BCUT2D eigenvalue weighted by Crippen LogP contribution is -2.32. The summed E-state index contributed by atoms with van der Waals surface area (Å²) in [6, 6.07) is 12.2. The highest BCUT2D eigenvalue weighted by Crippen LogP contribution is 2.29. The molecule has 0 aromatic heterocycles. The smallest absolute Gasteiger partial charge is 0.195 e. The average Bonchev–Trinajstić information content (AvgIpc) is 2.68. The molecule has 0 aliphatic carbocycles. The van der Waals surface area contributed by atoms with Crippen molar-refractivity contribution in [2.75, 3.05) is 46.7 Å². The van der Waals surface area contributed by atoms with E-state index in [9.17, 15) is 4.39 Å². The fraction of sp³-hybridized carbons (Fsp3) is 0.381. The highest BCUT2D eigenvalue weighted by atomic mass is 127. The zero-order valence-corrected chi connectivity index (χ0v) is 19.9. The molecule has 2 rings (SSSR count). The largest absolute Gasteiger partial charge is 0.493 e.